The molecule has 1 saturated carbocycles. The first-order valence-electron chi connectivity index (χ1n) is 8.85. The van der Waals surface area contributed by atoms with Gasteiger partial charge in [0.15, 0.2) is 0 Å². The van der Waals surface area contributed by atoms with Gasteiger partial charge in [-0.15, -0.1) is 6.58 Å². The smallest absolute Gasteiger partial charge is 0.0590 e. The van der Waals surface area contributed by atoms with Gasteiger partial charge in [-0.3, -0.25) is 0 Å². The molecule has 1 nitrogen and oxygen atoms in total. The second-order valence-electron chi connectivity index (χ2n) is 9.12. The summed E-state index contributed by atoms with van der Waals surface area (Å²) in [5, 5.41) is 0. The molecule has 3 aliphatic carbocycles. The molecule has 0 aromatic carbocycles. The van der Waals surface area contributed by atoms with E-state index in [1.54, 1.807) is 5.57 Å². The average molecular weight is 286 g/mol. The Labute approximate surface area is 129 Å². The lowest BCUT2D eigenvalue weighted by molar-refractivity contribution is 0.0163. The van der Waals surface area contributed by atoms with Gasteiger partial charge in [-0.2, -0.15) is 0 Å². The van der Waals surface area contributed by atoms with E-state index in [0.29, 0.717) is 22.3 Å². The van der Waals surface area contributed by atoms with Crippen LogP contribution in [0.3, 0.4) is 0 Å². The van der Waals surface area contributed by atoms with Crippen LogP contribution in [0.15, 0.2) is 23.8 Å². The molecular formula is C20H30O. The zero-order valence-electron chi connectivity index (χ0n) is 14.0. The second-order valence-corrected chi connectivity index (χ2v) is 9.12. The highest BCUT2D eigenvalue weighted by Gasteiger charge is 2.58. The largest absolute Gasteiger partial charge is 0.378 e. The van der Waals surface area contributed by atoms with Crippen molar-refractivity contribution in [1.82, 2.24) is 0 Å². The van der Waals surface area contributed by atoms with E-state index in [-0.39, 0.29) is 0 Å². The number of hydrogen-bond acceptors (Lipinski definition) is 1. The number of fused-ring (bicyclic) bond motifs is 5. The van der Waals surface area contributed by atoms with Crippen LogP contribution >= 0.6 is 0 Å². The quantitative estimate of drug-likeness (QED) is 0.596. The lowest BCUT2D eigenvalue weighted by atomic mass is 9.48. The van der Waals surface area contributed by atoms with Crippen LogP contribution in [0, 0.1) is 22.2 Å². The highest BCUT2D eigenvalue weighted by molar-refractivity contribution is 5.33. The normalized spacial score (nSPS) is 52.3. The molecule has 1 heteroatoms. The summed E-state index contributed by atoms with van der Waals surface area (Å²) in [5.74, 6) is 0.843. The summed E-state index contributed by atoms with van der Waals surface area (Å²) >= 11 is 0. The first-order chi connectivity index (χ1) is 9.89. The van der Waals surface area contributed by atoms with Crippen LogP contribution in [0.4, 0.5) is 0 Å². The van der Waals surface area contributed by atoms with Crippen LogP contribution < -0.4 is 0 Å². The topological polar surface area (TPSA) is 9.23 Å². The Morgan fingerprint density at radius 1 is 1.19 bits per heavy atom. The van der Waals surface area contributed by atoms with Crippen molar-refractivity contribution in [2.75, 3.05) is 6.61 Å². The fraction of sp³-hybridized carbons (Fsp3) is 0.800. The Morgan fingerprint density at radius 2 is 2.00 bits per heavy atom. The number of allylic oxidation sites excluding steroid dienone is 3. The van der Waals surface area contributed by atoms with Gasteiger partial charge in [0, 0.05) is 0 Å². The molecule has 4 aliphatic rings. The maximum atomic E-state index is 6.14. The lowest BCUT2D eigenvalue weighted by Crippen LogP contribution is -2.49. The van der Waals surface area contributed by atoms with Gasteiger partial charge in [0.2, 0.25) is 0 Å². The van der Waals surface area contributed by atoms with Gasteiger partial charge in [-0.25, -0.2) is 0 Å². The maximum absolute atomic E-state index is 6.14. The van der Waals surface area contributed by atoms with E-state index in [1.165, 1.54) is 44.9 Å². The van der Waals surface area contributed by atoms with Crippen molar-refractivity contribution >= 4 is 0 Å². The molecule has 0 spiro atoms. The van der Waals surface area contributed by atoms with Crippen molar-refractivity contribution < 1.29 is 4.74 Å². The minimum Gasteiger partial charge on any atom is -0.378 e. The van der Waals surface area contributed by atoms with Crippen LogP contribution in [-0.2, 0) is 4.74 Å². The maximum Gasteiger partial charge on any atom is 0.0590 e. The first kappa shape index (κ1) is 14.1. The summed E-state index contributed by atoms with van der Waals surface area (Å²) in [5.41, 5.74) is 4.82. The zero-order chi connectivity index (χ0) is 14.9. The van der Waals surface area contributed by atoms with Gasteiger partial charge in [-0.05, 0) is 67.1 Å². The monoisotopic (exact) mass is 286 g/mol. The van der Waals surface area contributed by atoms with Crippen LogP contribution in [0.2, 0.25) is 0 Å². The third kappa shape index (κ3) is 1.86. The Bertz CT molecular complexity index is 518. The lowest BCUT2D eigenvalue weighted by Gasteiger charge is -2.56. The molecule has 21 heavy (non-hydrogen) atoms. The Hall–Kier alpha value is -0.560. The fourth-order valence-electron chi connectivity index (χ4n) is 6.40. The first-order valence-corrected chi connectivity index (χ1v) is 8.85. The van der Waals surface area contributed by atoms with E-state index >= 15 is 0 Å². The van der Waals surface area contributed by atoms with Gasteiger partial charge in [-0.1, -0.05) is 38.0 Å². The van der Waals surface area contributed by atoms with Crippen LogP contribution in [-0.4, -0.2) is 12.7 Å². The van der Waals surface area contributed by atoms with E-state index in [0.717, 1.165) is 12.5 Å². The molecule has 5 atom stereocenters. The van der Waals surface area contributed by atoms with E-state index in [1.807, 2.05) is 5.57 Å². The van der Waals surface area contributed by atoms with Crippen LogP contribution in [0.25, 0.3) is 0 Å². The SMILES string of the molecule is C=C[C@@]1(C)CCC2=C(CC[C@H]3[C@@]4(C)CO[C@H](C4)C[C@]23C)C1. The fourth-order valence-corrected chi connectivity index (χ4v) is 6.40. The molecule has 1 saturated heterocycles. The van der Waals surface area contributed by atoms with Gasteiger partial charge in [0.1, 0.15) is 0 Å². The van der Waals surface area contributed by atoms with Gasteiger partial charge >= 0.3 is 0 Å². The van der Waals surface area contributed by atoms with Crippen molar-refractivity contribution in [3.63, 3.8) is 0 Å². The summed E-state index contributed by atoms with van der Waals surface area (Å²) < 4.78 is 6.14. The molecule has 0 unspecified atom stereocenters. The van der Waals surface area contributed by atoms with Crippen LogP contribution in [0.5, 0.6) is 0 Å². The Kier molecular flexibility index (Phi) is 2.85. The van der Waals surface area contributed by atoms with E-state index in [4.69, 9.17) is 4.74 Å². The third-order valence-electron chi connectivity index (χ3n) is 7.51. The summed E-state index contributed by atoms with van der Waals surface area (Å²) in [6, 6.07) is 0. The van der Waals surface area contributed by atoms with Crippen molar-refractivity contribution in [2.24, 2.45) is 22.2 Å². The molecule has 0 aromatic rings. The van der Waals surface area contributed by atoms with Crippen molar-refractivity contribution in [3.8, 4) is 0 Å². The number of ether oxygens (including phenoxy) is 1. The molecule has 0 N–H and O–H groups in total. The summed E-state index contributed by atoms with van der Waals surface area (Å²) in [7, 11) is 0. The molecule has 1 heterocycles. The molecule has 0 amide bonds. The van der Waals surface area contributed by atoms with Crippen molar-refractivity contribution in [1.29, 1.82) is 0 Å². The van der Waals surface area contributed by atoms with Crippen molar-refractivity contribution in [3.05, 3.63) is 23.8 Å². The summed E-state index contributed by atoms with van der Waals surface area (Å²) in [6.07, 6.45) is 11.9. The van der Waals surface area contributed by atoms with Crippen molar-refractivity contribution in [2.45, 2.75) is 71.8 Å². The van der Waals surface area contributed by atoms with Gasteiger partial charge in [0.05, 0.1) is 12.7 Å². The van der Waals surface area contributed by atoms with Crippen LogP contribution in [0.1, 0.15) is 65.7 Å². The molecular weight excluding hydrogens is 256 g/mol. The van der Waals surface area contributed by atoms with Gasteiger partial charge in [0.25, 0.3) is 0 Å². The minimum atomic E-state index is 0.343. The zero-order valence-corrected chi connectivity index (χ0v) is 14.0. The number of rotatable bonds is 1. The highest BCUT2D eigenvalue weighted by Crippen LogP contribution is 2.65. The van der Waals surface area contributed by atoms with Gasteiger partial charge < -0.3 is 4.74 Å². The molecule has 0 radical (unpaired) electrons. The van der Waals surface area contributed by atoms with E-state index in [2.05, 4.69) is 33.4 Å². The predicted molar refractivity (Wildman–Crippen MR) is 87.1 cm³/mol. The Balaban J connectivity index is 1.74. The standard InChI is InChI=1S/C20H30O/c1-5-18(2)9-8-16-14(10-18)6-7-17-19(3)11-15(21-13-19)12-20(16,17)4/h5,15,17H,1,6-13H2,2-4H3/t15-,17+,18+,19-,20-/m1/s1. The summed E-state index contributed by atoms with van der Waals surface area (Å²) in [6.45, 7) is 12.6. The Morgan fingerprint density at radius 3 is 2.76 bits per heavy atom. The molecule has 2 bridgehead atoms. The molecule has 0 aromatic heterocycles. The molecule has 1 aliphatic heterocycles. The average Bonchev–Trinajstić information content (AvgIpc) is 2.75. The molecule has 116 valence electrons. The second kappa shape index (κ2) is 4.25. The predicted octanol–water partition coefficient (Wildman–Crippen LogP) is 5.27. The number of hydrogen-bond donors (Lipinski definition) is 0. The minimum absolute atomic E-state index is 0.343. The highest BCUT2D eigenvalue weighted by atomic mass is 16.5. The molecule has 4 rings (SSSR count). The van der Waals surface area contributed by atoms with E-state index in [9.17, 15) is 0 Å². The summed E-state index contributed by atoms with van der Waals surface area (Å²) in [4.78, 5) is 0. The third-order valence-corrected chi connectivity index (χ3v) is 7.51. The molecule has 2 fully saturated rings. The van der Waals surface area contributed by atoms with E-state index < -0.39 is 0 Å².